The fraction of sp³-hybridized carbons (Fsp3) is 0.579. The van der Waals surface area contributed by atoms with Gasteiger partial charge in [-0.05, 0) is 43.5 Å². The molecule has 1 aromatic rings. The lowest BCUT2D eigenvalue weighted by atomic mass is 9.89. The molecule has 1 aromatic carbocycles. The first-order valence-corrected chi connectivity index (χ1v) is 9.16. The van der Waals surface area contributed by atoms with Gasteiger partial charge >= 0.3 is 12.0 Å². The number of aryl methyl sites for hydroxylation is 1. The highest BCUT2D eigenvalue weighted by molar-refractivity contribution is 5.85. The Labute approximate surface area is 165 Å². The zero-order valence-electron chi connectivity index (χ0n) is 15.6. The van der Waals surface area contributed by atoms with Crippen molar-refractivity contribution in [2.24, 2.45) is 0 Å². The van der Waals surface area contributed by atoms with Crippen molar-refractivity contribution in [1.82, 2.24) is 15.5 Å². The van der Waals surface area contributed by atoms with Gasteiger partial charge in [0.15, 0.2) is 0 Å². The maximum Gasteiger partial charge on any atom is 0.318 e. The summed E-state index contributed by atoms with van der Waals surface area (Å²) in [6.07, 6.45) is 2.79. The number of carboxylic acids is 1. The molecule has 27 heavy (non-hydrogen) atoms. The van der Waals surface area contributed by atoms with E-state index in [-0.39, 0.29) is 31.0 Å². The lowest BCUT2D eigenvalue weighted by molar-refractivity contribution is -0.136. The fourth-order valence-corrected chi connectivity index (χ4v) is 3.63. The van der Waals surface area contributed by atoms with Crippen molar-refractivity contribution in [2.75, 3.05) is 33.3 Å². The van der Waals surface area contributed by atoms with E-state index in [0.717, 1.165) is 37.1 Å². The number of halogens is 1. The van der Waals surface area contributed by atoms with Crippen LogP contribution in [0.3, 0.4) is 0 Å². The van der Waals surface area contributed by atoms with Gasteiger partial charge in [0.05, 0.1) is 12.7 Å². The van der Waals surface area contributed by atoms with Crippen LogP contribution in [-0.2, 0) is 21.5 Å². The van der Waals surface area contributed by atoms with Gasteiger partial charge in [-0.15, -0.1) is 12.4 Å². The van der Waals surface area contributed by atoms with E-state index in [4.69, 9.17) is 9.84 Å². The van der Waals surface area contributed by atoms with Crippen LogP contribution in [0.1, 0.15) is 30.4 Å². The molecule has 3 rings (SSSR count). The molecule has 2 aliphatic rings. The average Bonchev–Trinajstić information content (AvgIpc) is 2.95. The highest BCUT2D eigenvalue weighted by atomic mass is 35.5. The first-order chi connectivity index (χ1) is 12.5. The van der Waals surface area contributed by atoms with Crippen LogP contribution in [0.15, 0.2) is 24.3 Å². The molecular formula is C19H28ClN3O4. The van der Waals surface area contributed by atoms with Crippen LogP contribution in [0.25, 0.3) is 0 Å². The van der Waals surface area contributed by atoms with Crippen LogP contribution >= 0.6 is 12.4 Å². The number of carbonyl (C=O) groups excluding carboxylic acids is 1. The van der Waals surface area contributed by atoms with Crippen LogP contribution in [0.5, 0.6) is 0 Å². The van der Waals surface area contributed by atoms with Crippen molar-refractivity contribution in [3.05, 3.63) is 35.4 Å². The Morgan fingerprint density at radius 2 is 1.96 bits per heavy atom. The average molecular weight is 398 g/mol. The van der Waals surface area contributed by atoms with Crippen LogP contribution in [0.2, 0.25) is 0 Å². The fourth-order valence-electron chi connectivity index (χ4n) is 3.63. The smallest absolute Gasteiger partial charge is 0.318 e. The van der Waals surface area contributed by atoms with Gasteiger partial charge in [-0.2, -0.15) is 0 Å². The lowest BCUT2D eigenvalue weighted by Crippen LogP contribution is -2.47. The molecule has 0 spiro atoms. The minimum atomic E-state index is -0.800. The summed E-state index contributed by atoms with van der Waals surface area (Å²) < 4.78 is 6.20. The van der Waals surface area contributed by atoms with Crippen LogP contribution < -0.4 is 10.6 Å². The number of amides is 2. The Morgan fingerprint density at radius 3 is 2.52 bits per heavy atom. The predicted molar refractivity (Wildman–Crippen MR) is 104 cm³/mol. The minimum Gasteiger partial charge on any atom is -0.481 e. The number of nitrogens with one attached hydrogen (secondary N) is 2. The van der Waals surface area contributed by atoms with E-state index in [1.54, 1.807) is 11.9 Å². The number of urea groups is 1. The quantitative estimate of drug-likeness (QED) is 0.652. The number of hydrogen-bond donors (Lipinski definition) is 3. The summed E-state index contributed by atoms with van der Waals surface area (Å²) in [7, 11) is 1.80. The summed E-state index contributed by atoms with van der Waals surface area (Å²) in [4.78, 5) is 24.6. The molecule has 0 saturated carbocycles. The van der Waals surface area contributed by atoms with E-state index in [1.807, 2.05) is 24.3 Å². The summed E-state index contributed by atoms with van der Waals surface area (Å²) in [5, 5.41) is 15.1. The first-order valence-electron chi connectivity index (χ1n) is 9.16. The third kappa shape index (κ3) is 4.91. The third-order valence-electron chi connectivity index (χ3n) is 5.44. The summed E-state index contributed by atoms with van der Waals surface area (Å²) >= 11 is 0. The van der Waals surface area contributed by atoms with Crippen LogP contribution in [0.4, 0.5) is 4.79 Å². The topological polar surface area (TPSA) is 90.9 Å². The number of piperidine rings is 1. The zero-order chi connectivity index (χ0) is 18.6. The van der Waals surface area contributed by atoms with E-state index in [9.17, 15) is 9.59 Å². The van der Waals surface area contributed by atoms with E-state index in [2.05, 4.69) is 10.6 Å². The van der Waals surface area contributed by atoms with Gasteiger partial charge in [0.25, 0.3) is 0 Å². The first kappa shape index (κ1) is 21.5. The molecule has 2 aliphatic heterocycles. The molecule has 150 valence electrons. The number of nitrogens with zero attached hydrogens (tertiary/aromatic N) is 1. The Hall–Kier alpha value is -1.83. The van der Waals surface area contributed by atoms with Crippen molar-refractivity contribution in [3.8, 4) is 0 Å². The van der Waals surface area contributed by atoms with E-state index in [0.29, 0.717) is 19.6 Å². The Morgan fingerprint density at radius 1 is 1.30 bits per heavy atom. The van der Waals surface area contributed by atoms with E-state index in [1.165, 1.54) is 0 Å². The maximum atomic E-state index is 12.1. The summed E-state index contributed by atoms with van der Waals surface area (Å²) in [6, 6.07) is 7.76. The Balaban J connectivity index is 0.00000261. The number of aliphatic carboxylic acids is 1. The van der Waals surface area contributed by atoms with Gasteiger partial charge in [0.2, 0.25) is 0 Å². The number of carbonyl (C=O) groups is 2. The number of likely N-dealkylation sites (N-methyl/N-ethyl adjacent to an activating group) is 1. The number of ether oxygens (including phenoxy) is 1. The standard InChI is InChI=1S/C19H27N3O4.ClH/c1-22-18(25)21-12-19(22,13-26-16-8-10-20-11-9-16)15-5-2-14(3-6-15)4-7-17(23)24;/h2-3,5-6,16,20H,4,7-13H2,1H3,(H,21,25)(H,23,24);1H. The number of rotatable bonds is 7. The normalized spacial score (nSPS) is 23.0. The van der Waals surface area contributed by atoms with Gasteiger partial charge in [-0.3, -0.25) is 4.79 Å². The van der Waals surface area contributed by atoms with Crippen molar-refractivity contribution in [3.63, 3.8) is 0 Å². The number of carboxylic acid groups (broad SMARTS) is 1. The molecule has 1 unspecified atom stereocenters. The third-order valence-corrected chi connectivity index (χ3v) is 5.44. The van der Waals surface area contributed by atoms with Gasteiger partial charge in [-0.1, -0.05) is 24.3 Å². The SMILES string of the molecule is CN1C(=O)NCC1(COC1CCNCC1)c1ccc(CCC(=O)O)cc1.Cl. The molecule has 0 bridgehead atoms. The van der Waals surface area contributed by atoms with Crippen molar-refractivity contribution in [2.45, 2.75) is 37.3 Å². The molecule has 2 heterocycles. The predicted octanol–water partition coefficient (Wildman–Crippen LogP) is 1.74. The molecule has 0 aromatic heterocycles. The van der Waals surface area contributed by atoms with E-state index < -0.39 is 11.5 Å². The molecule has 7 nitrogen and oxygen atoms in total. The molecule has 3 N–H and O–H groups in total. The molecule has 2 fully saturated rings. The second-order valence-electron chi connectivity index (χ2n) is 7.10. The summed E-state index contributed by atoms with van der Waals surface area (Å²) in [6.45, 7) is 2.87. The Kier molecular flexibility index (Phi) is 7.47. The molecule has 1 atom stereocenters. The van der Waals surface area contributed by atoms with Crippen molar-refractivity contribution >= 4 is 24.4 Å². The van der Waals surface area contributed by atoms with Crippen molar-refractivity contribution < 1.29 is 19.4 Å². The van der Waals surface area contributed by atoms with Crippen LogP contribution in [0, 0.1) is 0 Å². The molecular weight excluding hydrogens is 370 g/mol. The summed E-state index contributed by atoms with van der Waals surface area (Å²) in [5.74, 6) is -0.800. The summed E-state index contributed by atoms with van der Waals surface area (Å²) in [5.41, 5.74) is 1.45. The van der Waals surface area contributed by atoms with Crippen molar-refractivity contribution in [1.29, 1.82) is 0 Å². The van der Waals surface area contributed by atoms with Gasteiger partial charge in [-0.25, -0.2) is 4.79 Å². The lowest BCUT2D eigenvalue weighted by Gasteiger charge is -2.37. The maximum absolute atomic E-state index is 12.1. The number of hydrogen-bond acceptors (Lipinski definition) is 4. The van der Waals surface area contributed by atoms with Gasteiger partial charge in [0.1, 0.15) is 5.54 Å². The highest BCUT2D eigenvalue weighted by Crippen LogP contribution is 2.32. The molecule has 2 amide bonds. The molecule has 2 saturated heterocycles. The second kappa shape index (κ2) is 9.39. The second-order valence-corrected chi connectivity index (χ2v) is 7.10. The van der Waals surface area contributed by atoms with Gasteiger partial charge in [0, 0.05) is 20.0 Å². The monoisotopic (exact) mass is 397 g/mol. The highest BCUT2D eigenvalue weighted by Gasteiger charge is 2.45. The molecule has 8 heteroatoms. The molecule has 0 aliphatic carbocycles. The van der Waals surface area contributed by atoms with Crippen LogP contribution in [-0.4, -0.2) is 61.4 Å². The minimum absolute atomic E-state index is 0. The largest absolute Gasteiger partial charge is 0.481 e. The zero-order valence-corrected chi connectivity index (χ0v) is 16.4. The van der Waals surface area contributed by atoms with Gasteiger partial charge < -0.3 is 25.4 Å². The number of benzene rings is 1. The Bertz CT molecular complexity index is 649. The van der Waals surface area contributed by atoms with E-state index >= 15 is 0 Å². The molecule has 0 radical (unpaired) electrons.